The molecule has 1 N–H and O–H groups in total. The number of aliphatic imine (C=N–C) groups is 1. The molecule has 2 aromatic carbocycles. The summed E-state index contributed by atoms with van der Waals surface area (Å²) >= 11 is 1.60. The molecule has 1 aliphatic rings. The second kappa shape index (κ2) is 5.53. The molecule has 1 heterocycles. The fourth-order valence-electron chi connectivity index (χ4n) is 3.14. The lowest BCUT2D eigenvalue weighted by Gasteiger charge is -2.04. The van der Waals surface area contributed by atoms with Gasteiger partial charge in [0.2, 0.25) is 0 Å². The first-order valence-electron chi connectivity index (χ1n) is 7.57. The molecule has 0 bridgehead atoms. The van der Waals surface area contributed by atoms with E-state index in [-0.39, 0.29) is 5.75 Å². The van der Waals surface area contributed by atoms with Crippen molar-refractivity contribution in [2.45, 2.75) is 19.3 Å². The average Bonchev–Trinajstić information content (AvgIpc) is 3.14. The largest absolute Gasteiger partial charge is 0.507 e. The fraction of sp³-hybridized carbons (Fsp3) is 0.158. The Balaban J connectivity index is 1.82. The maximum absolute atomic E-state index is 10.2. The van der Waals surface area contributed by atoms with Gasteiger partial charge < -0.3 is 5.11 Å². The van der Waals surface area contributed by atoms with Crippen LogP contribution in [0.4, 0.5) is 5.00 Å². The monoisotopic (exact) mass is 318 g/mol. The molecule has 1 aliphatic carbocycles. The van der Waals surface area contributed by atoms with Crippen molar-refractivity contribution < 1.29 is 5.11 Å². The summed E-state index contributed by atoms with van der Waals surface area (Å²) in [5.41, 5.74) is 2.57. The number of benzene rings is 2. The highest BCUT2D eigenvalue weighted by Gasteiger charge is 2.21. The quantitative estimate of drug-likeness (QED) is 0.695. The van der Waals surface area contributed by atoms with Crippen LogP contribution >= 0.6 is 11.3 Å². The van der Waals surface area contributed by atoms with Gasteiger partial charge in [0.15, 0.2) is 0 Å². The van der Waals surface area contributed by atoms with Crippen LogP contribution in [0.25, 0.3) is 10.8 Å². The van der Waals surface area contributed by atoms with Crippen LogP contribution in [0.5, 0.6) is 5.75 Å². The number of nitrogens with zero attached hydrogens (tertiary/aromatic N) is 2. The van der Waals surface area contributed by atoms with Gasteiger partial charge in [-0.2, -0.15) is 5.26 Å². The lowest BCUT2D eigenvalue weighted by Crippen LogP contribution is -1.86. The number of aromatic hydroxyl groups is 1. The predicted octanol–water partition coefficient (Wildman–Crippen LogP) is 4.72. The minimum absolute atomic E-state index is 0.204. The molecule has 0 saturated heterocycles. The van der Waals surface area contributed by atoms with E-state index in [1.807, 2.05) is 30.3 Å². The Kier molecular flexibility index (Phi) is 3.36. The molecule has 3 nitrogen and oxygen atoms in total. The summed E-state index contributed by atoms with van der Waals surface area (Å²) in [5, 5.41) is 22.4. The number of nitriles is 1. The minimum atomic E-state index is 0.204. The third-order valence-corrected chi connectivity index (χ3v) is 5.47. The number of fused-ring (bicyclic) bond motifs is 2. The van der Waals surface area contributed by atoms with Crippen LogP contribution < -0.4 is 0 Å². The number of phenols is 1. The van der Waals surface area contributed by atoms with Crippen molar-refractivity contribution in [1.82, 2.24) is 0 Å². The minimum Gasteiger partial charge on any atom is -0.507 e. The van der Waals surface area contributed by atoms with Crippen molar-refractivity contribution in [3.05, 3.63) is 58.0 Å². The fourth-order valence-corrected chi connectivity index (χ4v) is 4.32. The Morgan fingerprint density at radius 3 is 2.91 bits per heavy atom. The first kappa shape index (κ1) is 14.0. The van der Waals surface area contributed by atoms with Crippen LogP contribution in [0.15, 0.2) is 41.4 Å². The molecule has 4 heteroatoms. The molecule has 0 aliphatic heterocycles. The lowest BCUT2D eigenvalue weighted by molar-refractivity contribution is 0.475. The lowest BCUT2D eigenvalue weighted by atomic mass is 10.0. The van der Waals surface area contributed by atoms with Gasteiger partial charge in [0, 0.05) is 16.7 Å². The molecule has 23 heavy (non-hydrogen) atoms. The summed E-state index contributed by atoms with van der Waals surface area (Å²) in [6.07, 6.45) is 4.83. The van der Waals surface area contributed by atoms with E-state index in [1.54, 1.807) is 23.6 Å². The van der Waals surface area contributed by atoms with Gasteiger partial charge in [0.1, 0.15) is 16.8 Å². The number of hydrogen-bond acceptors (Lipinski definition) is 4. The van der Waals surface area contributed by atoms with Crippen LogP contribution in [0.2, 0.25) is 0 Å². The van der Waals surface area contributed by atoms with Gasteiger partial charge in [-0.15, -0.1) is 11.3 Å². The van der Waals surface area contributed by atoms with Crippen molar-refractivity contribution in [1.29, 1.82) is 5.26 Å². The Morgan fingerprint density at radius 2 is 2.04 bits per heavy atom. The molecule has 0 amide bonds. The predicted molar refractivity (Wildman–Crippen MR) is 93.9 cm³/mol. The van der Waals surface area contributed by atoms with Crippen molar-refractivity contribution >= 4 is 33.3 Å². The van der Waals surface area contributed by atoms with Gasteiger partial charge in [0.05, 0.1) is 5.56 Å². The zero-order chi connectivity index (χ0) is 15.8. The van der Waals surface area contributed by atoms with E-state index in [9.17, 15) is 10.4 Å². The van der Waals surface area contributed by atoms with E-state index in [0.717, 1.165) is 35.0 Å². The van der Waals surface area contributed by atoms with Gasteiger partial charge in [0.25, 0.3) is 0 Å². The van der Waals surface area contributed by atoms with E-state index in [2.05, 4.69) is 11.1 Å². The molecule has 4 rings (SSSR count). The Labute approximate surface area is 138 Å². The third kappa shape index (κ3) is 2.30. The zero-order valence-electron chi connectivity index (χ0n) is 12.4. The van der Waals surface area contributed by atoms with Crippen LogP contribution in [0, 0.1) is 11.3 Å². The molecule has 0 radical (unpaired) electrons. The molecule has 1 aromatic heterocycles. The molecule has 112 valence electrons. The molecule has 0 spiro atoms. The van der Waals surface area contributed by atoms with E-state index in [1.165, 1.54) is 10.4 Å². The van der Waals surface area contributed by atoms with Crippen LogP contribution in [-0.4, -0.2) is 11.3 Å². The van der Waals surface area contributed by atoms with E-state index in [4.69, 9.17) is 0 Å². The number of phenolic OH excluding ortho intramolecular Hbond substituents is 1. The van der Waals surface area contributed by atoms with Crippen LogP contribution in [-0.2, 0) is 12.8 Å². The first-order chi connectivity index (χ1) is 11.3. The first-order valence-corrected chi connectivity index (χ1v) is 8.39. The second-order valence-corrected chi connectivity index (χ2v) is 6.71. The molecule has 3 aromatic rings. The van der Waals surface area contributed by atoms with Gasteiger partial charge in [-0.05, 0) is 41.7 Å². The van der Waals surface area contributed by atoms with Gasteiger partial charge in [-0.1, -0.05) is 30.3 Å². The topological polar surface area (TPSA) is 56.4 Å². The zero-order valence-corrected chi connectivity index (χ0v) is 13.2. The Bertz CT molecular complexity index is 979. The Morgan fingerprint density at radius 1 is 1.17 bits per heavy atom. The maximum atomic E-state index is 10.2. The number of aryl methyl sites for hydroxylation is 1. The van der Waals surface area contributed by atoms with E-state index in [0.29, 0.717) is 11.1 Å². The SMILES string of the molecule is N#Cc1c(/N=C/c2c(O)ccc3ccccc23)sc2c1CCC2. The van der Waals surface area contributed by atoms with Crippen molar-refractivity contribution in [3.63, 3.8) is 0 Å². The van der Waals surface area contributed by atoms with Gasteiger partial charge in [-0.25, -0.2) is 4.99 Å². The summed E-state index contributed by atoms with van der Waals surface area (Å²) in [4.78, 5) is 5.82. The van der Waals surface area contributed by atoms with Gasteiger partial charge in [-0.3, -0.25) is 0 Å². The Hall–Kier alpha value is -2.64. The van der Waals surface area contributed by atoms with Crippen LogP contribution in [0.1, 0.15) is 28.0 Å². The molecule has 0 atom stereocenters. The molecule has 0 saturated carbocycles. The highest BCUT2D eigenvalue weighted by atomic mass is 32.1. The summed E-state index contributed by atoms with van der Waals surface area (Å²) in [6.45, 7) is 0. The summed E-state index contributed by atoms with van der Waals surface area (Å²) in [6, 6.07) is 13.8. The number of thiophene rings is 1. The molecular weight excluding hydrogens is 304 g/mol. The highest BCUT2D eigenvalue weighted by Crippen LogP contribution is 2.40. The van der Waals surface area contributed by atoms with Crippen molar-refractivity contribution in [3.8, 4) is 11.8 Å². The highest BCUT2D eigenvalue weighted by molar-refractivity contribution is 7.16. The van der Waals surface area contributed by atoms with E-state index < -0.39 is 0 Å². The number of rotatable bonds is 2. The van der Waals surface area contributed by atoms with E-state index >= 15 is 0 Å². The second-order valence-electron chi connectivity index (χ2n) is 5.63. The van der Waals surface area contributed by atoms with Gasteiger partial charge >= 0.3 is 0 Å². The molecule has 0 fully saturated rings. The number of hydrogen-bond donors (Lipinski definition) is 1. The molecular formula is C19H14N2OS. The van der Waals surface area contributed by atoms with Crippen LogP contribution in [0.3, 0.4) is 0 Å². The maximum Gasteiger partial charge on any atom is 0.134 e. The summed E-state index contributed by atoms with van der Waals surface area (Å²) in [7, 11) is 0. The normalized spacial score (nSPS) is 13.5. The summed E-state index contributed by atoms with van der Waals surface area (Å²) < 4.78 is 0. The third-order valence-electron chi connectivity index (χ3n) is 4.27. The standard InChI is InChI=1S/C19H14N2OS/c20-10-15-14-6-3-7-18(14)23-19(15)21-11-16-13-5-2-1-4-12(13)8-9-17(16)22/h1-2,4-5,8-9,11,22H,3,6-7H2/b21-11+. The summed E-state index contributed by atoms with van der Waals surface area (Å²) in [5.74, 6) is 0.204. The van der Waals surface area contributed by atoms with Crippen molar-refractivity contribution in [2.75, 3.05) is 0 Å². The smallest absolute Gasteiger partial charge is 0.134 e. The van der Waals surface area contributed by atoms with Crippen molar-refractivity contribution in [2.24, 2.45) is 4.99 Å². The molecule has 0 unspecified atom stereocenters. The average molecular weight is 318 g/mol.